The lowest BCUT2D eigenvalue weighted by atomic mass is 9.98. The topological polar surface area (TPSA) is 80.0 Å². The number of nitrogens with one attached hydrogen (secondary N) is 1. The zero-order valence-electron chi connectivity index (χ0n) is 14.2. The van der Waals surface area contributed by atoms with Crippen LogP contribution in [0.25, 0.3) is 5.69 Å². The van der Waals surface area contributed by atoms with Gasteiger partial charge in [0.05, 0.1) is 5.69 Å². The van der Waals surface area contributed by atoms with Gasteiger partial charge in [0, 0.05) is 11.3 Å². The summed E-state index contributed by atoms with van der Waals surface area (Å²) in [4.78, 5) is 12.6. The van der Waals surface area contributed by atoms with Crippen molar-refractivity contribution in [1.82, 2.24) is 14.8 Å². The number of aromatic nitrogens is 3. The van der Waals surface area contributed by atoms with Gasteiger partial charge in [-0.1, -0.05) is 26.0 Å². The van der Waals surface area contributed by atoms with E-state index in [2.05, 4.69) is 29.4 Å². The van der Waals surface area contributed by atoms with Crippen molar-refractivity contribution in [2.75, 3.05) is 5.32 Å². The molecule has 1 heterocycles. The number of carbonyl (C=O) groups is 1. The van der Waals surface area contributed by atoms with E-state index in [0.717, 1.165) is 17.7 Å². The third kappa shape index (κ3) is 3.68. The first-order chi connectivity index (χ1) is 12.1. The first-order valence-corrected chi connectivity index (χ1v) is 8.17. The van der Waals surface area contributed by atoms with Crippen molar-refractivity contribution in [3.05, 3.63) is 66.2 Å². The molecule has 1 atom stereocenters. The smallest absolute Gasteiger partial charge is 0.255 e. The van der Waals surface area contributed by atoms with Crippen LogP contribution in [0, 0.1) is 0 Å². The fourth-order valence-electron chi connectivity index (χ4n) is 2.53. The van der Waals surface area contributed by atoms with Gasteiger partial charge >= 0.3 is 0 Å². The molecule has 25 heavy (non-hydrogen) atoms. The lowest BCUT2D eigenvalue weighted by molar-refractivity contribution is 0.102. The van der Waals surface area contributed by atoms with Gasteiger partial charge in [0.15, 0.2) is 0 Å². The number of anilines is 1. The van der Waals surface area contributed by atoms with Crippen LogP contribution < -0.4 is 5.32 Å². The summed E-state index contributed by atoms with van der Waals surface area (Å²) in [5.74, 6) is 0.121. The second-order valence-corrected chi connectivity index (χ2v) is 5.96. The van der Waals surface area contributed by atoms with Crippen LogP contribution in [0.1, 0.15) is 42.1 Å². The predicted molar refractivity (Wildman–Crippen MR) is 96.1 cm³/mol. The Bertz CT molecular complexity index is 875. The maximum absolute atomic E-state index is 12.6. The van der Waals surface area contributed by atoms with Gasteiger partial charge in [-0.3, -0.25) is 9.36 Å². The van der Waals surface area contributed by atoms with Gasteiger partial charge < -0.3 is 10.4 Å². The SMILES string of the molecule is CC[C@H](C)c1ccc(O)c(NC(=O)c2cccc(-n3cnnc3)c2)c1. The van der Waals surface area contributed by atoms with E-state index in [1.807, 2.05) is 18.2 Å². The number of benzene rings is 2. The summed E-state index contributed by atoms with van der Waals surface area (Å²) in [5.41, 5.74) is 2.76. The van der Waals surface area contributed by atoms with Gasteiger partial charge in [-0.2, -0.15) is 0 Å². The summed E-state index contributed by atoms with van der Waals surface area (Å²) < 4.78 is 1.72. The molecule has 0 saturated carbocycles. The summed E-state index contributed by atoms with van der Waals surface area (Å²) in [6.07, 6.45) is 4.12. The average Bonchev–Trinajstić information content (AvgIpc) is 3.17. The number of hydrogen-bond donors (Lipinski definition) is 2. The van der Waals surface area contributed by atoms with Gasteiger partial charge in [-0.25, -0.2) is 0 Å². The quantitative estimate of drug-likeness (QED) is 0.696. The fraction of sp³-hybridized carbons (Fsp3) is 0.211. The molecular formula is C19H20N4O2. The molecule has 0 aliphatic rings. The number of rotatable bonds is 5. The number of hydrogen-bond acceptors (Lipinski definition) is 4. The highest BCUT2D eigenvalue weighted by Crippen LogP contribution is 2.29. The molecular weight excluding hydrogens is 316 g/mol. The van der Waals surface area contributed by atoms with Crippen molar-refractivity contribution in [3.8, 4) is 11.4 Å². The van der Waals surface area contributed by atoms with Crippen LogP contribution in [-0.4, -0.2) is 25.8 Å². The molecule has 3 aromatic rings. The van der Waals surface area contributed by atoms with E-state index in [1.54, 1.807) is 41.5 Å². The average molecular weight is 336 g/mol. The molecule has 0 saturated heterocycles. The van der Waals surface area contributed by atoms with E-state index >= 15 is 0 Å². The third-order valence-electron chi connectivity index (χ3n) is 4.28. The standard InChI is InChI=1S/C19H20N4O2/c1-3-13(2)14-7-8-18(24)17(10-14)22-19(25)15-5-4-6-16(9-15)23-11-20-21-12-23/h4-13,24H,3H2,1-2H3,(H,22,25)/t13-/m0/s1. The first-order valence-electron chi connectivity index (χ1n) is 8.17. The number of phenolic OH excluding ortho intramolecular Hbond substituents is 1. The molecule has 1 amide bonds. The molecule has 0 spiro atoms. The van der Waals surface area contributed by atoms with E-state index in [9.17, 15) is 9.90 Å². The molecule has 1 aromatic heterocycles. The van der Waals surface area contributed by atoms with E-state index in [4.69, 9.17) is 0 Å². The van der Waals surface area contributed by atoms with Gasteiger partial charge in [0.2, 0.25) is 0 Å². The Morgan fingerprint density at radius 3 is 2.68 bits per heavy atom. The monoisotopic (exact) mass is 336 g/mol. The molecule has 6 heteroatoms. The number of amides is 1. The zero-order chi connectivity index (χ0) is 17.8. The molecule has 0 bridgehead atoms. The minimum absolute atomic E-state index is 0.0513. The number of aromatic hydroxyl groups is 1. The largest absolute Gasteiger partial charge is 0.506 e. The summed E-state index contributed by atoms with van der Waals surface area (Å²) in [6.45, 7) is 4.22. The van der Waals surface area contributed by atoms with Crippen molar-refractivity contribution < 1.29 is 9.90 Å². The minimum atomic E-state index is -0.286. The maximum Gasteiger partial charge on any atom is 0.255 e. The van der Waals surface area contributed by atoms with Crippen molar-refractivity contribution in [3.63, 3.8) is 0 Å². The maximum atomic E-state index is 12.6. The lowest BCUT2D eigenvalue weighted by Crippen LogP contribution is -2.12. The van der Waals surface area contributed by atoms with E-state index in [-0.39, 0.29) is 11.7 Å². The predicted octanol–water partition coefficient (Wildman–Crippen LogP) is 3.74. The molecule has 0 fully saturated rings. The number of phenols is 1. The van der Waals surface area contributed by atoms with Crippen LogP contribution in [0.15, 0.2) is 55.1 Å². The van der Waals surface area contributed by atoms with Gasteiger partial charge in [-0.15, -0.1) is 10.2 Å². The molecule has 2 N–H and O–H groups in total. The fourth-order valence-corrected chi connectivity index (χ4v) is 2.53. The van der Waals surface area contributed by atoms with E-state index in [1.165, 1.54) is 0 Å². The second-order valence-electron chi connectivity index (χ2n) is 5.96. The van der Waals surface area contributed by atoms with Crippen molar-refractivity contribution >= 4 is 11.6 Å². The Labute approximate surface area is 146 Å². The van der Waals surface area contributed by atoms with Gasteiger partial charge in [-0.05, 0) is 48.2 Å². The molecule has 128 valence electrons. The minimum Gasteiger partial charge on any atom is -0.506 e. The van der Waals surface area contributed by atoms with Crippen LogP contribution in [0.3, 0.4) is 0 Å². The van der Waals surface area contributed by atoms with Crippen LogP contribution >= 0.6 is 0 Å². The lowest BCUT2D eigenvalue weighted by Gasteiger charge is -2.13. The Kier molecular flexibility index (Phi) is 4.79. The molecule has 0 aliphatic carbocycles. The highest BCUT2D eigenvalue weighted by Gasteiger charge is 2.12. The molecule has 2 aromatic carbocycles. The third-order valence-corrected chi connectivity index (χ3v) is 4.28. The van der Waals surface area contributed by atoms with Crippen molar-refractivity contribution in [2.24, 2.45) is 0 Å². The van der Waals surface area contributed by atoms with Gasteiger partial charge in [0.1, 0.15) is 18.4 Å². The van der Waals surface area contributed by atoms with Crippen LogP contribution in [0.2, 0.25) is 0 Å². The zero-order valence-corrected chi connectivity index (χ0v) is 14.2. The van der Waals surface area contributed by atoms with E-state index in [0.29, 0.717) is 17.2 Å². The Balaban J connectivity index is 1.84. The Morgan fingerprint density at radius 1 is 1.20 bits per heavy atom. The molecule has 0 radical (unpaired) electrons. The van der Waals surface area contributed by atoms with Crippen molar-refractivity contribution in [2.45, 2.75) is 26.2 Å². The molecule has 0 aliphatic heterocycles. The molecule has 6 nitrogen and oxygen atoms in total. The highest BCUT2D eigenvalue weighted by atomic mass is 16.3. The Hall–Kier alpha value is -3.15. The normalized spacial score (nSPS) is 11.9. The molecule has 0 unspecified atom stereocenters. The van der Waals surface area contributed by atoms with Crippen LogP contribution in [0.5, 0.6) is 5.75 Å². The summed E-state index contributed by atoms with van der Waals surface area (Å²) in [7, 11) is 0. The summed E-state index contributed by atoms with van der Waals surface area (Å²) >= 11 is 0. The molecule has 3 rings (SSSR count). The summed E-state index contributed by atoms with van der Waals surface area (Å²) in [6, 6.07) is 12.4. The highest BCUT2D eigenvalue weighted by molar-refractivity contribution is 6.05. The number of carbonyl (C=O) groups excluding carboxylic acids is 1. The number of nitrogens with zero attached hydrogens (tertiary/aromatic N) is 3. The van der Waals surface area contributed by atoms with Gasteiger partial charge in [0.25, 0.3) is 5.91 Å². The van der Waals surface area contributed by atoms with Crippen molar-refractivity contribution in [1.29, 1.82) is 0 Å². The Morgan fingerprint density at radius 2 is 1.96 bits per heavy atom. The van der Waals surface area contributed by atoms with Crippen LogP contribution in [0.4, 0.5) is 5.69 Å². The van der Waals surface area contributed by atoms with E-state index < -0.39 is 0 Å². The first kappa shape index (κ1) is 16.7. The summed E-state index contributed by atoms with van der Waals surface area (Å²) in [5, 5.41) is 20.4. The van der Waals surface area contributed by atoms with Crippen LogP contribution in [-0.2, 0) is 0 Å². The second kappa shape index (κ2) is 7.17.